The minimum Gasteiger partial charge on any atom is -0.501 e. The molecule has 0 spiro atoms. The van der Waals surface area contributed by atoms with Crippen LogP contribution in [0.3, 0.4) is 0 Å². The normalized spacial score (nSPS) is 17.8. The van der Waals surface area contributed by atoms with Crippen molar-refractivity contribution >= 4 is 27.4 Å². The van der Waals surface area contributed by atoms with Gasteiger partial charge in [0.05, 0.1) is 43.6 Å². The Morgan fingerprint density at radius 1 is 1.07 bits per heavy atom. The van der Waals surface area contributed by atoms with E-state index in [2.05, 4.69) is 0 Å². The number of benzene rings is 1. The summed E-state index contributed by atoms with van der Waals surface area (Å²) < 4.78 is 34.3. The molecule has 1 unspecified atom stereocenters. The summed E-state index contributed by atoms with van der Waals surface area (Å²) in [5, 5.41) is 0. The SMILES string of the molecule is COC1=CC=C(C(CS(C)(=O)=O)N2C(=O)c3cccc(OC)c3C2=O)C(=O)C1. The number of carbonyl (C=O) groups excluding carboxylic acids is 3. The maximum atomic E-state index is 13.0. The van der Waals surface area contributed by atoms with Crippen LogP contribution >= 0.6 is 0 Å². The molecule has 148 valence electrons. The average molecular weight is 405 g/mol. The Hall–Kier alpha value is -2.94. The first-order chi connectivity index (χ1) is 13.2. The highest BCUT2D eigenvalue weighted by Gasteiger charge is 2.45. The zero-order chi connectivity index (χ0) is 20.6. The van der Waals surface area contributed by atoms with Gasteiger partial charge in [-0.3, -0.25) is 19.3 Å². The number of rotatable bonds is 6. The highest BCUT2D eigenvalue weighted by Crippen LogP contribution is 2.34. The number of methoxy groups -OCH3 is 2. The highest BCUT2D eigenvalue weighted by atomic mass is 32.2. The minimum atomic E-state index is -3.62. The lowest BCUT2D eigenvalue weighted by molar-refractivity contribution is -0.116. The van der Waals surface area contributed by atoms with Crippen molar-refractivity contribution in [3.05, 3.63) is 52.8 Å². The van der Waals surface area contributed by atoms with Gasteiger partial charge in [0, 0.05) is 11.8 Å². The Labute approximate surface area is 162 Å². The van der Waals surface area contributed by atoms with Crippen LogP contribution in [0.2, 0.25) is 0 Å². The van der Waals surface area contributed by atoms with Crippen molar-refractivity contribution in [1.82, 2.24) is 4.90 Å². The number of fused-ring (bicyclic) bond motifs is 1. The largest absolute Gasteiger partial charge is 0.501 e. The molecule has 1 aliphatic heterocycles. The third-order valence-electron chi connectivity index (χ3n) is 4.63. The molecule has 9 heteroatoms. The van der Waals surface area contributed by atoms with Crippen molar-refractivity contribution in [2.45, 2.75) is 12.5 Å². The van der Waals surface area contributed by atoms with Crippen molar-refractivity contribution in [3.8, 4) is 5.75 Å². The zero-order valence-electron chi connectivity index (χ0n) is 15.6. The van der Waals surface area contributed by atoms with E-state index in [9.17, 15) is 22.8 Å². The summed E-state index contributed by atoms with van der Waals surface area (Å²) in [6.07, 6.45) is 3.85. The van der Waals surface area contributed by atoms with E-state index in [4.69, 9.17) is 9.47 Å². The Morgan fingerprint density at radius 2 is 1.79 bits per heavy atom. The molecule has 2 amide bonds. The Bertz CT molecular complexity index is 1040. The van der Waals surface area contributed by atoms with Crippen LogP contribution in [0.4, 0.5) is 0 Å². The number of amides is 2. The first kappa shape index (κ1) is 19.8. The average Bonchev–Trinajstić information content (AvgIpc) is 2.90. The van der Waals surface area contributed by atoms with Gasteiger partial charge in [-0.1, -0.05) is 6.07 Å². The monoisotopic (exact) mass is 405 g/mol. The summed E-state index contributed by atoms with van der Waals surface area (Å²) in [4.78, 5) is 39.4. The maximum absolute atomic E-state index is 13.0. The van der Waals surface area contributed by atoms with Crippen LogP contribution in [0, 0.1) is 0 Å². The standard InChI is InChI=1S/C19H19NO7S/c1-26-11-7-8-12(15(21)9-11)14(10-28(3,24)25)20-18(22)13-5-4-6-16(27-2)17(13)19(20)23/h4-8,14H,9-10H2,1-3H3. The number of nitrogens with zero attached hydrogens (tertiary/aromatic N) is 1. The summed E-state index contributed by atoms with van der Waals surface area (Å²) in [5.74, 6) is -1.70. The fourth-order valence-corrected chi connectivity index (χ4v) is 4.25. The summed E-state index contributed by atoms with van der Waals surface area (Å²) >= 11 is 0. The molecule has 0 saturated carbocycles. The van der Waals surface area contributed by atoms with Crippen LogP contribution in [0.5, 0.6) is 5.75 Å². The van der Waals surface area contributed by atoms with Gasteiger partial charge in [-0.25, -0.2) is 8.42 Å². The number of ketones is 1. The van der Waals surface area contributed by atoms with E-state index in [-0.39, 0.29) is 28.9 Å². The number of allylic oxidation sites excluding steroid dienone is 3. The van der Waals surface area contributed by atoms with Crippen molar-refractivity contribution in [2.24, 2.45) is 0 Å². The first-order valence-electron chi connectivity index (χ1n) is 8.38. The second kappa shape index (κ2) is 7.23. The van der Waals surface area contributed by atoms with Crippen LogP contribution in [-0.2, 0) is 19.4 Å². The Morgan fingerprint density at radius 3 is 2.36 bits per heavy atom. The lowest BCUT2D eigenvalue weighted by Gasteiger charge is -2.28. The number of hydrogen-bond acceptors (Lipinski definition) is 7. The van der Waals surface area contributed by atoms with Gasteiger partial charge in [-0.15, -0.1) is 0 Å². The van der Waals surface area contributed by atoms with Gasteiger partial charge < -0.3 is 9.47 Å². The molecule has 1 heterocycles. The van der Waals surface area contributed by atoms with Gasteiger partial charge in [0.2, 0.25) is 0 Å². The number of ether oxygens (including phenoxy) is 2. The summed E-state index contributed by atoms with van der Waals surface area (Å²) in [6, 6.07) is 3.33. The number of sulfone groups is 1. The molecular weight excluding hydrogens is 386 g/mol. The van der Waals surface area contributed by atoms with E-state index in [1.165, 1.54) is 38.5 Å². The van der Waals surface area contributed by atoms with Crippen molar-refractivity contribution in [1.29, 1.82) is 0 Å². The van der Waals surface area contributed by atoms with Gasteiger partial charge in [0.15, 0.2) is 5.78 Å². The number of carbonyl (C=O) groups is 3. The minimum absolute atomic E-state index is 0.0606. The van der Waals surface area contributed by atoms with E-state index in [0.717, 1.165) is 11.2 Å². The van der Waals surface area contributed by atoms with E-state index in [0.29, 0.717) is 5.76 Å². The smallest absolute Gasteiger partial charge is 0.265 e. The van der Waals surface area contributed by atoms with Gasteiger partial charge in [0.25, 0.3) is 11.8 Å². The second-order valence-electron chi connectivity index (χ2n) is 6.53. The predicted molar refractivity (Wildman–Crippen MR) is 99.8 cm³/mol. The molecule has 0 aromatic heterocycles. The third-order valence-corrected chi connectivity index (χ3v) is 5.55. The molecule has 0 radical (unpaired) electrons. The van der Waals surface area contributed by atoms with E-state index in [1.807, 2.05) is 0 Å². The molecule has 1 aromatic carbocycles. The second-order valence-corrected chi connectivity index (χ2v) is 8.72. The summed E-state index contributed by atoms with van der Waals surface area (Å²) in [7, 11) is -0.837. The molecule has 0 saturated heterocycles. The van der Waals surface area contributed by atoms with Crippen molar-refractivity contribution in [3.63, 3.8) is 0 Å². The summed E-state index contributed by atoms with van der Waals surface area (Å²) in [6.45, 7) is 0. The van der Waals surface area contributed by atoms with E-state index in [1.54, 1.807) is 6.07 Å². The Balaban J connectivity index is 2.12. The van der Waals surface area contributed by atoms with Gasteiger partial charge >= 0.3 is 0 Å². The molecule has 8 nitrogen and oxygen atoms in total. The predicted octanol–water partition coefficient (Wildman–Crippen LogP) is 1.13. The van der Waals surface area contributed by atoms with Gasteiger partial charge in [0.1, 0.15) is 21.3 Å². The number of Topliss-reactive ketones (excluding diaryl/α,β-unsaturated/α-hetero) is 1. The van der Waals surface area contributed by atoms with Gasteiger partial charge in [-0.2, -0.15) is 0 Å². The van der Waals surface area contributed by atoms with E-state index >= 15 is 0 Å². The molecule has 0 bridgehead atoms. The molecule has 0 N–H and O–H groups in total. The lowest BCUT2D eigenvalue weighted by atomic mass is 9.95. The number of imide groups is 1. The fourth-order valence-electron chi connectivity index (χ4n) is 3.35. The maximum Gasteiger partial charge on any atom is 0.265 e. The fraction of sp³-hybridized carbons (Fsp3) is 0.316. The topological polar surface area (TPSA) is 107 Å². The molecule has 1 aliphatic carbocycles. The van der Waals surface area contributed by atoms with Crippen LogP contribution in [0.15, 0.2) is 41.7 Å². The van der Waals surface area contributed by atoms with Crippen LogP contribution in [0.25, 0.3) is 0 Å². The zero-order valence-corrected chi connectivity index (χ0v) is 16.4. The highest BCUT2D eigenvalue weighted by molar-refractivity contribution is 7.90. The van der Waals surface area contributed by atoms with Crippen molar-refractivity contribution < 1.29 is 32.3 Å². The van der Waals surface area contributed by atoms with Crippen LogP contribution in [0.1, 0.15) is 27.1 Å². The summed E-state index contributed by atoms with van der Waals surface area (Å²) in [5.41, 5.74) is 0.241. The molecule has 28 heavy (non-hydrogen) atoms. The molecule has 2 aliphatic rings. The number of hydrogen-bond donors (Lipinski definition) is 0. The molecular formula is C19H19NO7S. The van der Waals surface area contributed by atoms with Crippen molar-refractivity contribution in [2.75, 3.05) is 26.2 Å². The molecule has 1 atom stereocenters. The lowest BCUT2D eigenvalue weighted by Crippen LogP contribution is -2.46. The van der Waals surface area contributed by atoms with E-state index < -0.39 is 39.2 Å². The van der Waals surface area contributed by atoms with Gasteiger partial charge in [-0.05, 0) is 24.3 Å². The Kier molecular flexibility index (Phi) is 5.12. The molecule has 3 rings (SSSR count). The quantitative estimate of drug-likeness (QED) is 0.653. The molecule has 0 fully saturated rings. The first-order valence-corrected chi connectivity index (χ1v) is 10.4. The van der Waals surface area contributed by atoms with Crippen LogP contribution < -0.4 is 4.74 Å². The third kappa shape index (κ3) is 3.45. The van der Waals surface area contributed by atoms with Crippen LogP contribution in [-0.4, -0.2) is 63.2 Å². The molecule has 1 aromatic rings.